The molecular formula is C25H25Cl3CoN5. The number of rotatable bonds is 6. The molecule has 2 aromatic carbocycles. The molecule has 0 saturated carbocycles. The van der Waals surface area contributed by atoms with E-state index >= 15 is 0 Å². The van der Waals surface area contributed by atoms with Gasteiger partial charge in [-0.3, -0.25) is 0 Å². The molecule has 34 heavy (non-hydrogen) atoms. The van der Waals surface area contributed by atoms with Gasteiger partial charge in [-0.15, -0.1) is 0 Å². The Morgan fingerprint density at radius 1 is 0.559 bits per heavy atom. The van der Waals surface area contributed by atoms with Crippen molar-refractivity contribution in [1.29, 1.82) is 0 Å². The Morgan fingerprint density at radius 2 is 0.971 bits per heavy atom. The zero-order valence-electron chi connectivity index (χ0n) is 18.9. The third-order valence-electron chi connectivity index (χ3n) is 5.41. The fourth-order valence-electron chi connectivity index (χ4n) is 4.13. The van der Waals surface area contributed by atoms with E-state index in [1.807, 2.05) is 24.3 Å². The van der Waals surface area contributed by atoms with E-state index in [-0.39, 0.29) is 54.0 Å². The summed E-state index contributed by atoms with van der Waals surface area (Å²) in [6.45, 7) is 6.21. The van der Waals surface area contributed by atoms with Crippen molar-refractivity contribution in [3.05, 3.63) is 66.7 Å². The van der Waals surface area contributed by atoms with Crippen molar-refractivity contribution < 1.29 is 54.0 Å². The van der Waals surface area contributed by atoms with Gasteiger partial charge < -0.3 is 46.4 Å². The van der Waals surface area contributed by atoms with Gasteiger partial charge >= 0.3 is 16.8 Å². The SMILES string of the molecule is CCCn1c(-c2cccc(-c3nc4ccccc4n3CCC)n2)nc2ccccc21.[Cl-].[Cl-].[Cl-].[Co+3]. The summed E-state index contributed by atoms with van der Waals surface area (Å²) < 4.78 is 4.55. The Hall–Kier alpha value is -2.09. The number of fused-ring (bicyclic) bond motifs is 2. The molecule has 9 heteroatoms. The van der Waals surface area contributed by atoms with Gasteiger partial charge in [0.2, 0.25) is 0 Å². The van der Waals surface area contributed by atoms with Gasteiger partial charge in [0, 0.05) is 13.1 Å². The summed E-state index contributed by atoms with van der Waals surface area (Å²) in [6.07, 6.45) is 2.08. The molecule has 0 aliphatic carbocycles. The predicted octanol–water partition coefficient (Wildman–Crippen LogP) is -3.06. The predicted molar refractivity (Wildman–Crippen MR) is 122 cm³/mol. The molecular weight excluding hydrogens is 536 g/mol. The van der Waals surface area contributed by atoms with Crippen LogP contribution in [0, 0.1) is 0 Å². The zero-order valence-corrected chi connectivity index (χ0v) is 22.2. The number of aromatic nitrogens is 5. The molecule has 5 rings (SSSR count). The number of hydrogen-bond acceptors (Lipinski definition) is 3. The minimum atomic E-state index is 0. The molecule has 0 aliphatic rings. The van der Waals surface area contributed by atoms with Gasteiger partial charge in [0.25, 0.3) is 0 Å². The van der Waals surface area contributed by atoms with E-state index in [4.69, 9.17) is 15.0 Å². The average Bonchev–Trinajstić information content (AvgIpc) is 3.34. The van der Waals surface area contributed by atoms with Crippen molar-refractivity contribution >= 4 is 22.1 Å². The van der Waals surface area contributed by atoms with E-state index in [0.717, 1.165) is 71.0 Å². The molecule has 0 spiro atoms. The second-order valence-electron chi connectivity index (χ2n) is 7.56. The third-order valence-corrected chi connectivity index (χ3v) is 5.41. The molecule has 0 amide bonds. The van der Waals surface area contributed by atoms with Crippen LogP contribution in [0.2, 0.25) is 0 Å². The summed E-state index contributed by atoms with van der Waals surface area (Å²) in [5, 5.41) is 0. The summed E-state index contributed by atoms with van der Waals surface area (Å²) in [5.41, 5.74) is 6.08. The smallest absolute Gasteiger partial charge is 1.00 e. The number of halogens is 3. The van der Waals surface area contributed by atoms with Crippen LogP contribution in [0.1, 0.15) is 26.7 Å². The van der Waals surface area contributed by atoms with Crippen molar-refractivity contribution in [2.24, 2.45) is 0 Å². The third kappa shape index (κ3) is 5.42. The van der Waals surface area contributed by atoms with Crippen LogP contribution in [0.25, 0.3) is 45.1 Å². The number of aryl methyl sites for hydroxylation is 2. The normalized spacial score (nSPS) is 10.2. The number of para-hydroxylation sites is 4. The minimum Gasteiger partial charge on any atom is -1.00 e. The van der Waals surface area contributed by atoms with Crippen LogP contribution in [-0.2, 0) is 29.9 Å². The van der Waals surface area contributed by atoms with Gasteiger partial charge in [-0.25, -0.2) is 15.0 Å². The van der Waals surface area contributed by atoms with Crippen LogP contribution >= 0.6 is 0 Å². The summed E-state index contributed by atoms with van der Waals surface area (Å²) >= 11 is 0. The van der Waals surface area contributed by atoms with Crippen LogP contribution in [0.5, 0.6) is 0 Å². The van der Waals surface area contributed by atoms with Crippen molar-refractivity contribution in [3.63, 3.8) is 0 Å². The van der Waals surface area contributed by atoms with Gasteiger partial charge in [-0.1, -0.05) is 44.2 Å². The molecule has 0 atom stereocenters. The molecule has 0 bridgehead atoms. The molecule has 0 N–H and O–H groups in total. The molecule has 5 aromatic rings. The van der Waals surface area contributed by atoms with E-state index in [1.165, 1.54) is 0 Å². The Labute approximate surface area is 228 Å². The minimum absolute atomic E-state index is 0. The number of nitrogens with zero attached hydrogens (tertiary/aromatic N) is 5. The van der Waals surface area contributed by atoms with E-state index in [0.29, 0.717) is 0 Å². The van der Waals surface area contributed by atoms with Crippen LogP contribution < -0.4 is 37.2 Å². The summed E-state index contributed by atoms with van der Waals surface area (Å²) in [4.78, 5) is 14.8. The van der Waals surface area contributed by atoms with Gasteiger partial charge in [-0.2, -0.15) is 0 Å². The molecule has 0 radical (unpaired) electrons. The first kappa shape index (κ1) is 29.9. The first-order chi connectivity index (χ1) is 14.8. The molecule has 3 heterocycles. The largest absolute Gasteiger partial charge is 3.00 e. The first-order valence-electron chi connectivity index (χ1n) is 10.7. The molecule has 0 unspecified atom stereocenters. The fraction of sp³-hybridized carbons (Fsp3) is 0.240. The maximum atomic E-state index is 5.02. The fourth-order valence-corrected chi connectivity index (χ4v) is 4.13. The second kappa shape index (κ2) is 13.1. The maximum absolute atomic E-state index is 5.02. The van der Waals surface area contributed by atoms with E-state index < -0.39 is 0 Å². The Kier molecular flexibility index (Phi) is 11.5. The van der Waals surface area contributed by atoms with Gasteiger partial charge in [0.05, 0.1) is 22.1 Å². The Morgan fingerprint density at radius 3 is 1.38 bits per heavy atom. The quantitative estimate of drug-likeness (QED) is 0.222. The molecule has 0 saturated heterocycles. The summed E-state index contributed by atoms with van der Waals surface area (Å²) in [5.74, 6) is 1.83. The van der Waals surface area contributed by atoms with Crippen molar-refractivity contribution in [1.82, 2.24) is 24.1 Å². The van der Waals surface area contributed by atoms with Crippen molar-refractivity contribution in [3.8, 4) is 23.0 Å². The van der Waals surface area contributed by atoms with Crippen LogP contribution in [-0.4, -0.2) is 24.1 Å². The summed E-state index contributed by atoms with van der Waals surface area (Å²) in [6, 6.07) is 22.7. The first-order valence-corrected chi connectivity index (χ1v) is 10.7. The second-order valence-corrected chi connectivity index (χ2v) is 7.56. The monoisotopic (exact) mass is 559 g/mol. The van der Waals surface area contributed by atoms with Crippen LogP contribution in [0.15, 0.2) is 66.7 Å². The van der Waals surface area contributed by atoms with Crippen LogP contribution in [0.4, 0.5) is 0 Å². The van der Waals surface area contributed by atoms with Gasteiger partial charge in [0.15, 0.2) is 11.6 Å². The average molecular weight is 561 g/mol. The van der Waals surface area contributed by atoms with Crippen molar-refractivity contribution in [2.75, 3.05) is 0 Å². The molecule has 5 nitrogen and oxygen atoms in total. The van der Waals surface area contributed by atoms with Gasteiger partial charge in [0.1, 0.15) is 11.4 Å². The van der Waals surface area contributed by atoms with Crippen molar-refractivity contribution in [2.45, 2.75) is 39.8 Å². The number of imidazole rings is 2. The van der Waals surface area contributed by atoms with Gasteiger partial charge in [-0.05, 0) is 49.2 Å². The van der Waals surface area contributed by atoms with E-state index in [2.05, 4.69) is 65.4 Å². The number of benzene rings is 2. The topological polar surface area (TPSA) is 48.5 Å². The van der Waals surface area contributed by atoms with E-state index in [9.17, 15) is 0 Å². The molecule has 0 aliphatic heterocycles. The number of pyridine rings is 1. The molecule has 180 valence electrons. The molecule has 0 fully saturated rings. The molecule has 3 aromatic heterocycles. The van der Waals surface area contributed by atoms with Crippen LogP contribution in [0.3, 0.4) is 0 Å². The number of hydrogen-bond donors (Lipinski definition) is 0. The Bertz CT molecular complexity index is 1250. The van der Waals surface area contributed by atoms with E-state index in [1.54, 1.807) is 0 Å². The maximum Gasteiger partial charge on any atom is 3.00 e. The Balaban J connectivity index is 0.00000144. The zero-order chi connectivity index (χ0) is 20.5. The summed E-state index contributed by atoms with van der Waals surface area (Å²) in [7, 11) is 0. The standard InChI is InChI=1S/C25H25N5.3ClH.Co/c1-3-16-29-22-14-7-5-10-18(22)27-24(29)20-12-9-13-21(26-20)25-28-19-11-6-8-15-23(19)30(25)17-4-2;;;;/h5-15H,3-4,16-17H2,1-2H3;3*1H;/q;;;;+3/p-3.